The number of aliphatic imine (C=N–C) groups is 1. The molecular weight excluding hydrogens is 366 g/mol. The number of aromatic nitrogens is 1. The van der Waals surface area contributed by atoms with Crippen molar-refractivity contribution >= 4 is 11.8 Å². The molecule has 3 N–H and O–H groups in total. The maximum absolute atomic E-state index is 6.01. The molecule has 0 radical (unpaired) electrons. The number of nitrogens with one attached hydrogen (secondary N) is 1. The summed E-state index contributed by atoms with van der Waals surface area (Å²) in [5, 5.41) is 3.13. The Bertz CT molecular complexity index is 799. The molecule has 0 saturated carbocycles. The van der Waals surface area contributed by atoms with E-state index in [-0.39, 0.29) is 0 Å². The van der Waals surface area contributed by atoms with Crippen molar-refractivity contribution in [3.8, 4) is 11.5 Å². The zero-order valence-electron chi connectivity index (χ0n) is 17.4. The fourth-order valence-corrected chi connectivity index (χ4v) is 3.41. The Hall–Kier alpha value is -2.96. The van der Waals surface area contributed by atoms with Gasteiger partial charge < -0.3 is 25.4 Å². The topological polar surface area (TPSA) is 85.0 Å². The highest BCUT2D eigenvalue weighted by Gasteiger charge is 2.10. The van der Waals surface area contributed by atoms with Crippen molar-refractivity contribution in [3.63, 3.8) is 0 Å². The minimum Gasteiger partial charge on any atom is -0.493 e. The van der Waals surface area contributed by atoms with Crippen LogP contribution in [0.15, 0.2) is 41.5 Å². The Morgan fingerprint density at radius 2 is 1.76 bits per heavy atom. The molecular formula is C22H31N5O2. The monoisotopic (exact) mass is 397 g/mol. The van der Waals surface area contributed by atoms with E-state index in [4.69, 9.17) is 15.2 Å². The zero-order chi connectivity index (χ0) is 20.5. The van der Waals surface area contributed by atoms with Crippen LogP contribution in [0, 0.1) is 0 Å². The summed E-state index contributed by atoms with van der Waals surface area (Å²) in [6.45, 7) is 3.24. The van der Waals surface area contributed by atoms with E-state index in [0.29, 0.717) is 30.5 Å². The first-order valence-corrected chi connectivity index (χ1v) is 10.1. The van der Waals surface area contributed by atoms with Crippen molar-refractivity contribution in [3.05, 3.63) is 47.7 Å². The van der Waals surface area contributed by atoms with Gasteiger partial charge in [0.25, 0.3) is 0 Å². The lowest BCUT2D eigenvalue weighted by molar-refractivity contribution is 0.354. The van der Waals surface area contributed by atoms with E-state index in [9.17, 15) is 0 Å². The smallest absolute Gasteiger partial charge is 0.189 e. The Balaban J connectivity index is 1.51. The number of benzene rings is 1. The van der Waals surface area contributed by atoms with Crippen molar-refractivity contribution < 1.29 is 9.47 Å². The number of pyridine rings is 1. The van der Waals surface area contributed by atoms with Crippen LogP contribution in [0.5, 0.6) is 11.5 Å². The maximum atomic E-state index is 6.01. The average molecular weight is 398 g/mol. The van der Waals surface area contributed by atoms with Gasteiger partial charge in [-0.3, -0.25) is 0 Å². The maximum Gasteiger partial charge on any atom is 0.189 e. The molecule has 0 unspecified atom stereocenters. The highest BCUT2D eigenvalue weighted by atomic mass is 16.5. The predicted octanol–water partition coefficient (Wildman–Crippen LogP) is 3.08. The van der Waals surface area contributed by atoms with E-state index in [1.807, 2.05) is 24.4 Å². The molecule has 2 aromatic rings. The number of hydrogen-bond donors (Lipinski definition) is 2. The summed E-state index contributed by atoms with van der Waals surface area (Å²) in [6.07, 6.45) is 7.02. The van der Waals surface area contributed by atoms with Gasteiger partial charge in [0.2, 0.25) is 0 Å². The normalized spacial score (nSPS) is 15.0. The van der Waals surface area contributed by atoms with Gasteiger partial charge in [0.1, 0.15) is 5.82 Å². The second-order valence-electron chi connectivity index (χ2n) is 7.17. The molecule has 0 spiro atoms. The Morgan fingerprint density at radius 3 is 2.41 bits per heavy atom. The van der Waals surface area contributed by atoms with Gasteiger partial charge in [-0.1, -0.05) is 25.0 Å². The number of guanidine groups is 1. The van der Waals surface area contributed by atoms with Gasteiger partial charge in [-0.05, 0) is 42.2 Å². The number of anilines is 1. The molecule has 0 amide bonds. The first-order valence-electron chi connectivity index (χ1n) is 10.1. The summed E-state index contributed by atoms with van der Waals surface area (Å²) in [5.41, 5.74) is 8.09. The van der Waals surface area contributed by atoms with Crippen molar-refractivity contribution in [2.75, 3.05) is 32.2 Å². The summed E-state index contributed by atoms with van der Waals surface area (Å²) < 4.78 is 10.6. The summed E-state index contributed by atoms with van der Waals surface area (Å²) >= 11 is 0. The van der Waals surface area contributed by atoms with Crippen LogP contribution in [0.2, 0.25) is 0 Å². The molecule has 1 saturated heterocycles. The third-order valence-electron chi connectivity index (χ3n) is 5.09. The number of methoxy groups -OCH3 is 2. The van der Waals surface area contributed by atoms with Crippen LogP contribution >= 0.6 is 0 Å². The van der Waals surface area contributed by atoms with Crippen LogP contribution < -0.4 is 25.4 Å². The zero-order valence-corrected chi connectivity index (χ0v) is 17.4. The third-order valence-corrected chi connectivity index (χ3v) is 5.09. The van der Waals surface area contributed by atoms with Gasteiger partial charge in [0.15, 0.2) is 17.5 Å². The molecule has 1 aliphatic heterocycles. The van der Waals surface area contributed by atoms with E-state index in [1.165, 1.54) is 25.7 Å². The van der Waals surface area contributed by atoms with E-state index in [0.717, 1.165) is 30.0 Å². The van der Waals surface area contributed by atoms with Crippen LogP contribution in [-0.4, -0.2) is 38.3 Å². The van der Waals surface area contributed by atoms with E-state index in [1.54, 1.807) is 14.2 Å². The SMILES string of the molecule is COc1ccc(CNC(N)=NCc2ccc(N3CCCCCC3)nc2)cc1OC. The summed E-state index contributed by atoms with van der Waals surface area (Å²) in [5.74, 6) is 2.85. The van der Waals surface area contributed by atoms with Crippen molar-refractivity contribution in [2.24, 2.45) is 10.7 Å². The number of nitrogens with zero attached hydrogens (tertiary/aromatic N) is 3. The molecule has 0 aliphatic carbocycles. The number of rotatable bonds is 7. The van der Waals surface area contributed by atoms with Crippen LogP contribution in [0.1, 0.15) is 36.8 Å². The number of hydrogen-bond acceptors (Lipinski definition) is 5. The quantitative estimate of drug-likeness (QED) is 0.552. The fraction of sp³-hybridized carbons (Fsp3) is 0.455. The molecule has 0 atom stereocenters. The first kappa shape index (κ1) is 20.8. The molecule has 2 heterocycles. The third kappa shape index (κ3) is 6.01. The molecule has 1 aliphatic rings. The van der Waals surface area contributed by atoms with Gasteiger partial charge >= 0.3 is 0 Å². The van der Waals surface area contributed by atoms with E-state index >= 15 is 0 Å². The average Bonchev–Trinajstić information content (AvgIpc) is 3.06. The van der Waals surface area contributed by atoms with Crippen molar-refractivity contribution in [1.29, 1.82) is 0 Å². The van der Waals surface area contributed by atoms with Crippen molar-refractivity contribution in [2.45, 2.75) is 38.8 Å². The number of nitrogens with two attached hydrogens (primary N) is 1. The highest BCUT2D eigenvalue weighted by molar-refractivity contribution is 5.77. The second-order valence-corrected chi connectivity index (χ2v) is 7.17. The van der Waals surface area contributed by atoms with Gasteiger partial charge in [0, 0.05) is 25.8 Å². The molecule has 1 aromatic heterocycles. The molecule has 1 aromatic carbocycles. The van der Waals surface area contributed by atoms with Gasteiger partial charge in [-0.25, -0.2) is 9.98 Å². The molecule has 156 valence electrons. The Labute approximate surface area is 172 Å². The summed E-state index contributed by atoms with van der Waals surface area (Å²) in [4.78, 5) is 11.4. The predicted molar refractivity (Wildman–Crippen MR) is 117 cm³/mol. The number of ether oxygens (including phenoxy) is 2. The first-order chi connectivity index (χ1) is 14.2. The van der Waals surface area contributed by atoms with Crippen LogP contribution in [0.3, 0.4) is 0 Å². The van der Waals surface area contributed by atoms with E-state index < -0.39 is 0 Å². The Kier molecular flexibility index (Phi) is 7.55. The van der Waals surface area contributed by atoms with Crippen molar-refractivity contribution in [1.82, 2.24) is 10.3 Å². The fourth-order valence-electron chi connectivity index (χ4n) is 3.41. The van der Waals surface area contributed by atoms with Crippen LogP contribution in [-0.2, 0) is 13.1 Å². The lowest BCUT2D eigenvalue weighted by atomic mass is 10.2. The molecule has 29 heavy (non-hydrogen) atoms. The lowest BCUT2D eigenvalue weighted by Crippen LogP contribution is -2.31. The van der Waals surface area contributed by atoms with Gasteiger partial charge in [0.05, 0.1) is 20.8 Å². The van der Waals surface area contributed by atoms with Gasteiger partial charge in [-0.2, -0.15) is 0 Å². The van der Waals surface area contributed by atoms with E-state index in [2.05, 4.69) is 32.3 Å². The lowest BCUT2D eigenvalue weighted by Gasteiger charge is -2.21. The van der Waals surface area contributed by atoms with Crippen LogP contribution in [0.4, 0.5) is 5.82 Å². The molecule has 7 nitrogen and oxygen atoms in total. The second kappa shape index (κ2) is 10.5. The minimum absolute atomic E-state index is 0.399. The Morgan fingerprint density at radius 1 is 1.03 bits per heavy atom. The molecule has 7 heteroatoms. The minimum atomic E-state index is 0.399. The summed E-state index contributed by atoms with van der Waals surface area (Å²) in [6, 6.07) is 9.93. The highest BCUT2D eigenvalue weighted by Crippen LogP contribution is 2.27. The largest absolute Gasteiger partial charge is 0.493 e. The summed E-state index contributed by atoms with van der Waals surface area (Å²) in [7, 11) is 3.24. The molecule has 1 fully saturated rings. The molecule has 3 rings (SSSR count). The van der Waals surface area contributed by atoms with Gasteiger partial charge in [-0.15, -0.1) is 0 Å². The standard InChI is InChI=1S/C22H31N5O2/c1-28-19-9-7-17(13-20(19)29-2)14-25-22(23)26-16-18-8-10-21(24-15-18)27-11-5-3-4-6-12-27/h7-10,13,15H,3-6,11-12,14,16H2,1-2H3,(H3,23,25,26). The van der Waals surface area contributed by atoms with Crippen LogP contribution in [0.25, 0.3) is 0 Å². The molecule has 0 bridgehead atoms.